The van der Waals surface area contributed by atoms with Crippen LogP contribution in [0.2, 0.25) is 0 Å². The summed E-state index contributed by atoms with van der Waals surface area (Å²) >= 11 is 3.30. The summed E-state index contributed by atoms with van der Waals surface area (Å²) in [6, 6.07) is 7.11. The van der Waals surface area contributed by atoms with Crippen LogP contribution in [0.25, 0.3) is 0 Å². The van der Waals surface area contributed by atoms with Crippen LogP contribution in [0, 0.1) is 5.92 Å². The highest BCUT2D eigenvalue weighted by Crippen LogP contribution is 2.26. The number of carbonyl (C=O) groups is 1. The van der Waals surface area contributed by atoms with Crippen molar-refractivity contribution in [1.29, 1.82) is 0 Å². The molecule has 86 valence electrons. The molecule has 5 heteroatoms. The van der Waals surface area contributed by atoms with Gasteiger partial charge in [-0.15, -0.1) is 0 Å². The molecule has 0 amide bonds. The molecule has 1 aromatic rings. The van der Waals surface area contributed by atoms with Crippen molar-refractivity contribution in [2.24, 2.45) is 5.92 Å². The molecule has 0 spiro atoms. The zero-order valence-corrected chi connectivity index (χ0v) is 10.9. The number of hydrogen-bond donors (Lipinski definition) is 0. The summed E-state index contributed by atoms with van der Waals surface area (Å²) in [5.74, 6) is -0.321. The maximum atomic E-state index is 12.1. The van der Waals surface area contributed by atoms with Crippen molar-refractivity contribution in [2.75, 3.05) is 11.5 Å². The molecule has 0 aromatic heterocycles. The smallest absolute Gasteiger partial charge is 0.168 e. The van der Waals surface area contributed by atoms with E-state index in [0.717, 1.165) is 4.47 Å². The van der Waals surface area contributed by atoms with Gasteiger partial charge in [0.05, 0.1) is 11.5 Å². The molecule has 16 heavy (non-hydrogen) atoms. The largest absolute Gasteiger partial charge is 0.294 e. The Morgan fingerprint density at radius 2 is 2.00 bits per heavy atom. The van der Waals surface area contributed by atoms with Gasteiger partial charge in [0.25, 0.3) is 0 Å². The van der Waals surface area contributed by atoms with E-state index in [9.17, 15) is 13.2 Å². The van der Waals surface area contributed by atoms with Gasteiger partial charge in [-0.2, -0.15) is 0 Å². The monoisotopic (exact) mass is 302 g/mol. The number of benzene rings is 1. The molecule has 1 fully saturated rings. The van der Waals surface area contributed by atoms with Crippen molar-refractivity contribution in [3.63, 3.8) is 0 Å². The molecule has 1 atom stereocenters. The van der Waals surface area contributed by atoms with Crippen LogP contribution < -0.4 is 0 Å². The Labute approximate surface area is 103 Å². The first-order valence-corrected chi connectivity index (χ1v) is 7.60. The summed E-state index contributed by atoms with van der Waals surface area (Å²) in [5.41, 5.74) is 0.574. The number of rotatable bonds is 2. The van der Waals surface area contributed by atoms with E-state index < -0.39 is 9.84 Å². The molecular formula is C11H11BrO3S. The minimum Gasteiger partial charge on any atom is -0.294 e. The maximum absolute atomic E-state index is 12.1. The van der Waals surface area contributed by atoms with Gasteiger partial charge in [0, 0.05) is 16.0 Å². The average molecular weight is 303 g/mol. The number of sulfone groups is 1. The van der Waals surface area contributed by atoms with E-state index in [1.54, 1.807) is 18.2 Å². The molecule has 3 nitrogen and oxygen atoms in total. The van der Waals surface area contributed by atoms with Crippen LogP contribution in [-0.2, 0) is 9.84 Å². The summed E-state index contributed by atoms with van der Waals surface area (Å²) in [6.07, 6.45) is 0.447. The second kappa shape index (κ2) is 4.30. The Kier molecular flexibility index (Phi) is 3.17. The SMILES string of the molecule is O=C(c1ccccc1Br)C1CCS(=O)(=O)C1. The van der Waals surface area contributed by atoms with Crippen molar-refractivity contribution in [1.82, 2.24) is 0 Å². The predicted molar refractivity (Wildman–Crippen MR) is 65.2 cm³/mol. The lowest BCUT2D eigenvalue weighted by molar-refractivity contribution is 0.0932. The molecule has 1 unspecified atom stereocenters. The first-order chi connectivity index (χ1) is 7.49. The van der Waals surface area contributed by atoms with Crippen molar-refractivity contribution >= 4 is 31.6 Å². The molecule has 0 radical (unpaired) electrons. The Hall–Kier alpha value is -0.680. The fourth-order valence-corrected chi connectivity index (χ4v) is 4.10. The van der Waals surface area contributed by atoms with Gasteiger partial charge < -0.3 is 0 Å². The number of halogens is 1. The second-order valence-corrected chi connectivity index (χ2v) is 7.03. The van der Waals surface area contributed by atoms with E-state index in [2.05, 4.69) is 15.9 Å². The standard InChI is InChI=1S/C11H11BrO3S/c12-10-4-2-1-3-9(10)11(13)8-5-6-16(14,15)7-8/h1-4,8H,5-7H2. The van der Waals surface area contributed by atoms with E-state index in [4.69, 9.17) is 0 Å². The number of carbonyl (C=O) groups excluding carboxylic acids is 1. The van der Waals surface area contributed by atoms with E-state index in [1.165, 1.54) is 0 Å². The molecule has 0 aliphatic carbocycles. The lowest BCUT2D eigenvalue weighted by atomic mass is 9.97. The number of ketones is 1. The molecule has 0 bridgehead atoms. The van der Waals surface area contributed by atoms with E-state index in [0.29, 0.717) is 12.0 Å². The Bertz CT molecular complexity index is 522. The van der Waals surface area contributed by atoms with Gasteiger partial charge in [-0.25, -0.2) is 8.42 Å². The second-order valence-electron chi connectivity index (χ2n) is 3.94. The number of Topliss-reactive ketones (excluding diaryl/α,β-unsaturated/α-hetero) is 1. The minimum atomic E-state index is -3.00. The van der Waals surface area contributed by atoms with Crippen LogP contribution in [0.3, 0.4) is 0 Å². The molecule has 1 aliphatic heterocycles. The van der Waals surface area contributed by atoms with Crippen LogP contribution in [0.1, 0.15) is 16.8 Å². The molecule has 0 saturated carbocycles. The van der Waals surface area contributed by atoms with Crippen molar-refractivity contribution in [2.45, 2.75) is 6.42 Å². The molecular weight excluding hydrogens is 292 g/mol. The molecule has 1 saturated heterocycles. The summed E-state index contributed by atoms with van der Waals surface area (Å²) in [4.78, 5) is 12.1. The van der Waals surface area contributed by atoms with Crippen LogP contribution in [-0.4, -0.2) is 25.7 Å². The van der Waals surface area contributed by atoms with E-state index in [-0.39, 0.29) is 23.2 Å². The first-order valence-electron chi connectivity index (χ1n) is 4.99. The summed E-state index contributed by atoms with van der Waals surface area (Å²) < 4.78 is 23.3. The van der Waals surface area contributed by atoms with Crippen LogP contribution >= 0.6 is 15.9 Å². The quantitative estimate of drug-likeness (QED) is 0.786. The molecule has 0 N–H and O–H groups in total. The van der Waals surface area contributed by atoms with Gasteiger partial charge in [0.2, 0.25) is 0 Å². The normalized spacial score (nSPS) is 23.2. The first kappa shape index (κ1) is 11.8. The zero-order chi connectivity index (χ0) is 11.8. The van der Waals surface area contributed by atoms with Crippen LogP contribution in [0.15, 0.2) is 28.7 Å². The molecule has 1 aromatic carbocycles. The highest BCUT2D eigenvalue weighted by atomic mass is 79.9. The lowest BCUT2D eigenvalue weighted by Gasteiger charge is -2.07. The van der Waals surface area contributed by atoms with Crippen molar-refractivity contribution in [3.05, 3.63) is 34.3 Å². The van der Waals surface area contributed by atoms with Crippen LogP contribution in [0.5, 0.6) is 0 Å². The highest BCUT2D eigenvalue weighted by molar-refractivity contribution is 9.10. The summed E-state index contributed by atoms with van der Waals surface area (Å²) in [5, 5.41) is 0. The zero-order valence-electron chi connectivity index (χ0n) is 8.52. The van der Waals surface area contributed by atoms with E-state index >= 15 is 0 Å². The third-order valence-corrected chi connectivity index (χ3v) is 5.20. The highest BCUT2D eigenvalue weighted by Gasteiger charge is 2.33. The average Bonchev–Trinajstić information content (AvgIpc) is 2.59. The molecule has 1 aliphatic rings. The van der Waals surface area contributed by atoms with Gasteiger partial charge >= 0.3 is 0 Å². The summed E-state index contributed by atoms with van der Waals surface area (Å²) in [6.45, 7) is 0. The van der Waals surface area contributed by atoms with Crippen molar-refractivity contribution in [3.8, 4) is 0 Å². The molecule has 1 heterocycles. The Morgan fingerprint density at radius 3 is 2.56 bits per heavy atom. The van der Waals surface area contributed by atoms with Gasteiger partial charge in [-0.3, -0.25) is 4.79 Å². The fraction of sp³-hybridized carbons (Fsp3) is 0.364. The third kappa shape index (κ3) is 2.35. The van der Waals surface area contributed by atoms with Gasteiger partial charge in [0.15, 0.2) is 15.6 Å². The Morgan fingerprint density at radius 1 is 1.31 bits per heavy atom. The van der Waals surface area contributed by atoms with Gasteiger partial charge in [-0.1, -0.05) is 34.1 Å². The summed E-state index contributed by atoms with van der Waals surface area (Å²) in [7, 11) is -3.00. The minimum absolute atomic E-state index is 0.00678. The number of hydrogen-bond acceptors (Lipinski definition) is 3. The maximum Gasteiger partial charge on any atom is 0.168 e. The topological polar surface area (TPSA) is 51.2 Å². The lowest BCUT2D eigenvalue weighted by Crippen LogP contribution is -2.16. The fourth-order valence-electron chi connectivity index (χ4n) is 1.88. The van der Waals surface area contributed by atoms with Gasteiger partial charge in [0.1, 0.15) is 0 Å². The third-order valence-electron chi connectivity index (χ3n) is 2.74. The van der Waals surface area contributed by atoms with E-state index in [1.807, 2.05) is 6.07 Å². The van der Waals surface area contributed by atoms with Crippen LogP contribution in [0.4, 0.5) is 0 Å². The Balaban J connectivity index is 2.25. The van der Waals surface area contributed by atoms with Gasteiger partial charge in [-0.05, 0) is 12.5 Å². The molecule has 2 rings (SSSR count). The van der Waals surface area contributed by atoms with Crippen molar-refractivity contribution < 1.29 is 13.2 Å². The predicted octanol–water partition coefficient (Wildman–Crippen LogP) is 2.07.